The van der Waals surface area contributed by atoms with Crippen LogP contribution >= 0.6 is 0 Å². The Balaban J connectivity index is 2.39. The molecule has 0 saturated carbocycles. The van der Waals surface area contributed by atoms with Crippen molar-refractivity contribution in [2.75, 3.05) is 19.8 Å². The Morgan fingerprint density at radius 3 is 2.10 bits per heavy atom. The average molecular weight is 454 g/mol. The molecule has 2 rings (SSSR count). The molecule has 0 aromatic rings. The van der Waals surface area contributed by atoms with Crippen molar-refractivity contribution >= 4 is 11.9 Å². The van der Waals surface area contributed by atoms with Gasteiger partial charge in [-0.1, -0.05) is 13.8 Å². The van der Waals surface area contributed by atoms with Gasteiger partial charge in [-0.15, -0.1) is 0 Å². The maximum atomic E-state index is 12.0. The standard InChI is InChI=1S/C18H30O13/c1-7(2)16(26)27-6-18(15(28-8(3)21)12(23)10(5-20)30-18)31-17-14(25)13(24)11(22)9(4-19)29-17/h7,9-15,17,19-20,22-25H,4-6H2,1-3H3/t9-,10-,11-,12-,13+,14-,15+,17-,18+/m1/s1. The summed E-state index contributed by atoms with van der Waals surface area (Å²) in [5, 5.41) is 59.6. The second-order valence-corrected chi connectivity index (χ2v) is 7.75. The minimum Gasteiger partial charge on any atom is -0.460 e. The van der Waals surface area contributed by atoms with Gasteiger partial charge >= 0.3 is 11.9 Å². The van der Waals surface area contributed by atoms with Gasteiger partial charge in [0.15, 0.2) is 12.4 Å². The van der Waals surface area contributed by atoms with Crippen LogP contribution in [0.3, 0.4) is 0 Å². The number of rotatable bonds is 8. The van der Waals surface area contributed by atoms with Gasteiger partial charge in [-0.3, -0.25) is 9.59 Å². The van der Waals surface area contributed by atoms with Crippen molar-refractivity contribution in [1.29, 1.82) is 0 Å². The minimum absolute atomic E-state index is 0.559. The van der Waals surface area contributed by atoms with Crippen molar-refractivity contribution < 1.29 is 63.9 Å². The number of aliphatic hydroxyl groups is 6. The van der Waals surface area contributed by atoms with E-state index in [9.17, 15) is 40.2 Å². The summed E-state index contributed by atoms with van der Waals surface area (Å²) in [4.78, 5) is 23.6. The Morgan fingerprint density at radius 2 is 1.58 bits per heavy atom. The minimum atomic E-state index is -2.25. The third-order valence-corrected chi connectivity index (χ3v) is 5.00. The molecule has 31 heavy (non-hydrogen) atoms. The molecule has 0 amide bonds. The van der Waals surface area contributed by atoms with Gasteiger partial charge in [0.2, 0.25) is 5.79 Å². The van der Waals surface area contributed by atoms with Crippen LogP contribution in [0.25, 0.3) is 0 Å². The number of carbonyl (C=O) groups is 2. The van der Waals surface area contributed by atoms with E-state index in [1.165, 1.54) is 0 Å². The molecule has 0 aromatic carbocycles. The largest absolute Gasteiger partial charge is 0.460 e. The molecule has 0 unspecified atom stereocenters. The number of hydrogen-bond acceptors (Lipinski definition) is 13. The van der Waals surface area contributed by atoms with E-state index < -0.39 is 92.5 Å². The molecule has 13 heteroatoms. The van der Waals surface area contributed by atoms with Crippen LogP contribution in [0, 0.1) is 5.92 Å². The second-order valence-electron chi connectivity index (χ2n) is 7.75. The third kappa shape index (κ3) is 5.50. The maximum absolute atomic E-state index is 12.0. The Bertz CT molecular complexity index is 626. The fraction of sp³-hybridized carbons (Fsp3) is 0.889. The summed E-state index contributed by atoms with van der Waals surface area (Å²) < 4.78 is 26.8. The molecule has 2 saturated heterocycles. The van der Waals surface area contributed by atoms with E-state index in [2.05, 4.69) is 0 Å². The Morgan fingerprint density at radius 1 is 0.968 bits per heavy atom. The van der Waals surface area contributed by atoms with Crippen LogP contribution in [0.15, 0.2) is 0 Å². The normalized spacial score (nSPS) is 40.7. The zero-order valence-corrected chi connectivity index (χ0v) is 17.4. The van der Waals surface area contributed by atoms with Crippen molar-refractivity contribution in [2.45, 2.75) is 75.6 Å². The molecule has 180 valence electrons. The molecule has 0 aromatic heterocycles. The highest BCUT2D eigenvalue weighted by Crippen LogP contribution is 2.38. The van der Waals surface area contributed by atoms with Crippen molar-refractivity contribution in [1.82, 2.24) is 0 Å². The Kier molecular flexibility index (Phi) is 8.72. The molecule has 2 heterocycles. The van der Waals surface area contributed by atoms with Crippen LogP contribution in [0.2, 0.25) is 0 Å². The van der Waals surface area contributed by atoms with Crippen LogP contribution < -0.4 is 0 Å². The highest BCUT2D eigenvalue weighted by atomic mass is 16.8. The van der Waals surface area contributed by atoms with Crippen molar-refractivity contribution in [3.05, 3.63) is 0 Å². The summed E-state index contributed by atoms with van der Waals surface area (Å²) in [6, 6.07) is 0. The monoisotopic (exact) mass is 454 g/mol. The van der Waals surface area contributed by atoms with E-state index in [1.807, 2.05) is 0 Å². The maximum Gasteiger partial charge on any atom is 0.308 e. The molecule has 6 N–H and O–H groups in total. The predicted octanol–water partition coefficient (Wildman–Crippen LogP) is -3.62. The summed E-state index contributed by atoms with van der Waals surface area (Å²) in [6.45, 7) is 1.94. The third-order valence-electron chi connectivity index (χ3n) is 5.00. The quantitative estimate of drug-likeness (QED) is 0.196. The van der Waals surface area contributed by atoms with Gasteiger partial charge < -0.3 is 54.3 Å². The predicted molar refractivity (Wildman–Crippen MR) is 96.9 cm³/mol. The number of ether oxygens (including phenoxy) is 5. The van der Waals surface area contributed by atoms with E-state index in [4.69, 9.17) is 23.7 Å². The Labute approximate surface area is 178 Å². The number of esters is 2. The highest BCUT2D eigenvalue weighted by molar-refractivity contribution is 5.71. The van der Waals surface area contributed by atoms with Crippen LogP contribution in [0.5, 0.6) is 0 Å². The smallest absolute Gasteiger partial charge is 0.308 e. The molecule has 2 aliphatic heterocycles. The number of carbonyl (C=O) groups excluding carboxylic acids is 2. The molecule has 2 aliphatic rings. The molecule has 0 radical (unpaired) electrons. The molecule has 13 nitrogen and oxygen atoms in total. The first-order valence-corrected chi connectivity index (χ1v) is 9.76. The fourth-order valence-corrected chi connectivity index (χ4v) is 3.28. The lowest BCUT2D eigenvalue weighted by atomic mass is 9.99. The highest BCUT2D eigenvalue weighted by Gasteiger charge is 2.61. The summed E-state index contributed by atoms with van der Waals surface area (Å²) in [6.07, 6.45) is -13.0. The summed E-state index contributed by atoms with van der Waals surface area (Å²) in [7, 11) is 0. The number of hydrogen-bond donors (Lipinski definition) is 6. The van der Waals surface area contributed by atoms with Gasteiger partial charge in [-0.05, 0) is 0 Å². The SMILES string of the molecule is CC(=O)O[C@H]1[C@H](O)[C@@H](CO)O[C@@]1(COC(=O)C(C)C)O[C@H]1O[C@H](CO)[C@@H](O)[C@H](O)[C@H]1O. The van der Waals surface area contributed by atoms with Crippen LogP contribution in [0.4, 0.5) is 0 Å². The van der Waals surface area contributed by atoms with Crippen molar-refractivity contribution in [2.24, 2.45) is 5.92 Å². The molecule has 0 spiro atoms. The zero-order valence-electron chi connectivity index (χ0n) is 17.4. The molecule has 0 bridgehead atoms. The van der Waals surface area contributed by atoms with Gasteiger partial charge in [-0.2, -0.15) is 0 Å². The van der Waals surface area contributed by atoms with Crippen LogP contribution in [0.1, 0.15) is 20.8 Å². The first-order valence-electron chi connectivity index (χ1n) is 9.76. The Hall–Kier alpha value is -1.42. The van der Waals surface area contributed by atoms with Gasteiger partial charge in [0.1, 0.15) is 43.2 Å². The van der Waals surface area contributed by atoms with E-state index in [0.717, 1.165) is 6.92 Å². The van der Waals surface area contributed by atoms with Crippen LogP contribution in [-0.2, 0) is 33.3 Å². The first-order chi connectivity index (χ1) is 14.5. The molecule has 0 aliphatic carbocycles. The van der Waals surface area contributed by atoms with Gasteiger partial charge in [0, 0.05) is 6.92 Å². The second kappa shape index (κ2) is 10.5. The van der Waals surface area contributed by atoms with Gasteiger partial charge in [-0.25, -0.2) is 0 Å². The molecule has 9 atom stereocenters. The average Bonchev–Trinajstić information content (AvgIpc) is 2.97. The molecule has 2 fully saturated rings. The molecular formula is C18H30O13. The summed E-state index contributed by atoms with van der Waals surface area (Å²) >= 11 is 0. The van der Waals surface area contributed by atoms with E-state index >= 15 is 0 Å². The summed E-state index contributed by atoms with van der Waals surface area (Å²) in [5.41, 5.74) is 0. The van der Waals surface area contributed by atoms with Crippen molar-refractivity contribution in [3.8, 4) is 0 Å². The molecular weight excluding hydrogens is 424 g/mol. The zero-order chi connectivity index (χ0) is 23.5. The van der Waals surface area contributed by atoms with Crippen LogP contribution in [-0.4, -0.2) is 117 Å². The van der Waals surface area contributed by atoms with Crippen molar-refractivity contribution in [3.63, 3.8) is 0 Å². The van der Waals surface area contributed by atoms with E-state index in [0.29, 0.717) is 0 Å². The topological polar surface area (TPSA) is 202 Å². The number of aliphatic hydroxyl groups excluding tert-OH is 6. The lowest BCUT2D eigenvalue weighted by molar-refractivity contribution is -0.384. The van der Waals surface area contributed by atoms with E-state index in [1.54, 1.807) is 13.8 Å². The van der Waals surface area contributed by atoms with E-state index in [-0.39, 0.29) is 0 Å². The lowest BCUT2D eigenvalue weighted by Crippen LogP contribution is -2.63. The van der Waals surface area contributed by atoms with Gasteiger partial charge in [0.05, 0.1) is 19.1 Å². The summed E-state index contributed by atoms with van der Waals surface area (Å²) in [5.74, 6) is -4.36. The van der Waals surface area contributed by atoms with Gasteiger partial charge in [0.25, 0.3) is 0 Å². The fourth-order valence-electron chi connectivity index (χ4n) is 3.28. The lowest BCUT2D eigenvalue weighted by Gasteiger charge is -2.43. The first kappa shape index (κ1) is 25.8.